The first kappa shape index (κ1) is 13.9. The molecule has 1 saturated heterocycles. The molecule has 104 valence electrons. The minimum Gasteiger partial charge on any atom is -0.352 e. The van der Waals surface area contributed by atoms with E-state index in [0.717, 1.165) is 13.0 Å². The standard InChI is InChI=1S/C15H28N2O/c18-15(14-11-7-4-8-12-16-14)17-13-9-5-2-1-3-6-10-13/h13-14,16H,1-12H2,(H,17,18). The van der Waals surface area contributed by atoms with E-state index >= 15 is 0 Å². The molecule has 18 heavy (non-hydrogen) atoms. The van der Waals surface area contributed by atoms with Crippen molar-refractivity contribution < 1.29 is 4.79 Å². The molecule has 2 N–H and O–H groups in total. The molecule has 0 radical (unpaired) electrons. The first-order chi connectivity index (χ1) is 8.86. The van der Waals surface area contributed by atoms with Gasteiger partial charge >= 0.3 is 0 Å². The molecule has 1 unspecified atom stereocenters. The largest absolute Gasteiger partial charge is 0.352 e. The number of nitrogens with one attached hydrogen (secondary N) is 2. The highest BCUT2D eigenvalue weighted by atomic mass is 16.2. The number of rotatable bonds is 2. The van der Waals surface area contributed by atoms with E-state index in [1.165, 1.54) is 64.2 Å². The topological polar surface area (TPSA) is 41.1 Å². The molecule has 1 heterocycles. The van der Waals surface area contributed by atoms with E-state index in [1.807, 2.05) is 0 Å². The highest BCUT2D eigenvalue weighted by Gasteiger charge is 2.22. The van der Waals surface area contributed by atoms with Gasteiger partial charge in [-0.15, -0.1) is 0 Å². The van der Waals surface area contributed by atoms with Gasteiger partial charge in [0.2, 0.25) is 5.91 Å². The van der Waals surface area contributed by atoms with Crippen LogP contribution in [0.25, 0.3) is 0 Å². The van der Waals surface area contributed by atoms with Crippen molar-refractivity contribution in [1.82, 2.24) is 10.6 Å². The number of carbonyl (C=O) groups is 1. The van der Waals surface area contributed by atoms with Crippen LogP contribution in [0.15, 0.2) is 0 Å². The van der Waals surface area contributed by atoms with Crippen LogP contribution in [0.3, 0.4) is 0 Å². The molecule has 0 aromatic carbocycles. The highest BCUT2D eigenvalue weighted by Crippen LogP contribution is 2.17. The van der Waals surface area contributed by atoms with Crippen LogP contribution in [-0.4, -0.2) is 24.5 Å². The summed E-state index contributed by atoms with van der Waals surface area (Å²) in [6, 6.07) is 0.501. The van der Waals surface area contributed by atoms with Crippen molar-refractivity contribution in [2.45, 2.75) is 82.7 Å². The summed E-state index contributed by atoms with van der Waals surface area (Å²) in [6.45, 7) is 1.00. The van der Waals surface area contributed by atoms with Gasteiger partial charge in [-0.25, -0.2) is 0 Å². The van der Waals surface area contributed by atoms with Gasteiger partial charge in [-0.2, -0.15) is 0 Å². The second-order valence-corrected chi connectivity index (χ2v) is 5.91. The summed E-state index contributed by atoms with van der Waals surface area (Å²) >= 11 is 0. The normalized spacial score (nSPS) is 27.9. The van der Waals surface area contributed by atoms with Crippen molar-refractivity contribution in [2.75, 3.05) is 6.54 Å². The highest BCUT2D eigenvalue weighted by molar-refractivity contribution is 5.82. The number of carbonyl (C=O) groups excluding carboxylic acids is 1. The molecular weight excluding hydrogens is 224 g/mol. The monoisotopic (exact) mass is 252 g/mol. The van der Waals surface area contributed by atoms with Crippen LogP contribution in [0.5, 0.6) is 0 Å². The maximum Gasteiger partial charge on any atom is 0.237 e. The van der Waals surface area contributed by atoms with E-state index in [4.69, 9.17) is 0 Å². The lowest BCUT2D eigenvalue weighted by atomic mass is 9.96. The average Bonchev–Trinajstić information content (AvgIpc) is 2.61. The van der Waals surface area contributed by atoms with Crippen molar-refractivity contribution in [2.24, 2.45) is 0 Å². The Morgan fingerprint density at radius 2 is 1.44 bits per heavy atom. The lowest BCUT2D eigenvalue weighted by molar-refractivity contribution is -0.124. The van der Waals surface area contributed by atoms with Crippen molar-refractivity contribution in [1.29, 1.82) is 0 Å². The first-order valence-corrected chi connectivity index (χ1v) is 7.90. The van der Waals surface area contributed by atoms with E-state index in [-0.39, 0.29) is 11.9 Å². The minimum atomic E-state index is 0.0675. The predicted molar refractivity (Wildman–Crippen MR) is 74.5 cm³/mol. The number of hydrogen-bond acceptors (Lipinski definition) is 2. The van der Waals surface area contributed by atoms with Crippen LogP contribution in [0, 0.1) is 0 Å². The van der Waals surface area contributed by atoms with Crippen molar-refractivity contribution >= 4 is 5.91 Å². The summed E-state index contributed by atoms with van der Waals surface area (Å²) in [5.41, 5.74) is 0. The van der Waals surface area contributed by atoms with Gasteiger partial charge in [0.25, 0.3) is 0 Å². The van der Waals surface area contributed by atoms with Gasteiger partial charge in [-0.3, -0.25) is 4.79 Å². The summed E-state index contributed by atoms with van der Waals surface area (Å²) < 4.78 is 0. The Morgan fingerprint density at radius 3 is 2.22 bits per heavy atom. The maximum atomic E-state index is 12.2. The molecule has 2 rings (SSSR count). The zero-order valence-electron chi connectivity index (χ0n) is 11.5. The van der Waals surface area contributed by atoms with Crippen LogP contribution >= 0.6 is 0 Å². The van der Waals surface area contributed by atoms with Crippen molar-refractivity contribution in [3.8, 4) is 0 Å². The molecular formula is C15H28N2O. The molecule has 2 aliphatic rings. The maximum absolute atomic E-state index is 12.2. The fourth-order valence-electron chi connectivity index (χ4n) is 3.15. The molecule has 1 amide bonds. The third-order valence-electron chi connectivity index (χ3n) is 4.33. The van der Waals surface area contributed by atoms with Gasteiger partial charge in [-0.1, -0.05) is 44.9 Å². The summed E-state index contributed by atoms with van der Waals surface area (Å²) in [6.07, 6.45) is 13.7. The van der Waals surface area contributed by atoms with Crippen molar-refractivity contribution in [3.63, 3.8) is 0 Å². The third kappa shape index (κ3) is 4.60. The predicted octanol–water partition coefficient (Wildman–Crippen LogP) is 2.75. The van der Waals surface area contributed by atoms with E-state index in [0.29, 0.717) is 6.04 Å². The zero-order chi connectivity index (χ0) is 12.6. The molecule has 3 nitrogen and oxygen atoms in total. The van der Waals surface area contributed by atoms with Gasteiger partial charge in [0.05, 0.1) is 6.04 Å². The molecule has 1 saturated carbocycles. The molecule has 0 aromatic heterocycles. The minimum absolute atomic E-state index is 0.0675. The Hall–Kier alpha value is -0.570. The fourth-order valence-corrected chi connectivity index (χ4v) is 3.15. The Balaban J connectivity index is 1.77. The SMILES string of the molecule is O=C(NC1CCCCCCC1)C1CCCCCN1. The molecule has 1 atom stereocenters. The van der Waals surface area contributed by atoms with Crippen LogP contribution in [0.2, 0.25) is 0 Å². The van der Waals surface area contributed by atoms with Gasteiger partial charge < -0.3 is 10.6 Å². The summed E-state index contributed by atoms with van der Waals surface area (Å²) in [5, 5.41) is 6.67. The number of hydrogen-bond donors (Lipinski definition) is 2. The summed E-state index contributed by atoms with van der Waals surface area (Å²) in [7, 11) is 0. The molecule has 1 aliphatic heterocycles. The zero-order valence-corrected chi connectivity index (χ0v) is 11.5. The van der Waals surface area contributed by atoms with Crippen LogP contribution in [0.4, 0.5) is 0 Å². The summed E-state index contributed by atoms with van der Waals surface area (Å²) in [4.78, 5) is 12.2. The van der Waals surface area contributed by atoms with E-state index in [9.17, 15) is 4.79 Å². The van der Waals surface area contributed by atoms with Gasteiger partial charge in [0.1, 0.15) is 0 Å². The van der Waals surface area contributed by atoms with Gasteiger partial charge in [0, 0.05) is 6.04 Å². The van der Waals surface area contributed by atoms with Gasteiger partial charge in [-0.05, 0) is 32.2 Å². The second kappa shape index (κ2) is 7.78. The molecule has 0 spiro atoms. The van der Waals surface area contributed by atoms with Crippen molar-refractivity contribution in [3.05, 3.63) is 0 Å². The molecule has 0 bridgehead atoms. The first-order valence-electron chi connectivity index (χ1n) is 7.90. The molecule has 2 fully saturated rings. The number of amides is 1. The van der Waals surface area contributed by atoms with Crippen LogP contribution in [0.1, 0.15) is 70.6 Å². The second-order valence-electron chi connectivity index (χ2n) is 5.91. The van der Waals surface area contributed by atoms with E-state index < -0.39 is 0 Å². The molecule has 3 heteroatoms. The lowest BCUT2D eigenvalue weighted by Crippen LogP contribution is -2.47. The smallest absolute Gasteiger partial charge is 0.237 e. The van der Waals surface area contributed by atoms with Crippen LogP contribution in [-0.2, 0) is 4.79 Å². The molecule has 1 aliphatic carbocycles. The summed E-state index contributed by atoms with van der Waals surface area (Å²) in [5.74, 6) is 0.252. The average molecular weight is 252 g/mol. The lowest BCUT2D eigenvalue weighted by Gasteiger charge is -2.24. The van der Waals surface area contributed by atoms with E-state index in [2.05, 4.69) is 10.6 Å². The third-order valence-corrected chi connectivity index (χ3v) is 4.33. The van der Waals surface area contributed by atoms with Crippen LogP contribution < -0.4 is 10.6 Å². The Morgan fingerprint density at radius 1 is 0.833 bits per heavy atom. The Labute approximate surface area is 111 Å². The van der Waals surface area contributed by atoms with Gasteiger partial charge in [0.15, 0.2) is 0 Å². The Kier molecular flexibility index (Phi) is 5.98. The fraction of sp³-hybridized carbons (Fsp3) is 0.933. The Bertz CT molecular complexity index is 239. The quantitative estimate of drug-likeness (QED) is 0.793. The molecule has 0 aromatic rings. The van der Waals surface area contributed by atoms with E-state index in [1.54, 1.807) is 0 Å².